The molecule has 26 heavy (non-hydrogen) atoms. The van der Waals surface area contributed by atoms with Crippen molar-refractivity contribution in [1.82, 2.24) is 24.8 Å². The van der Waals surface area contributed by atoms with Crippen molar-refractivity contribution in [3.05, 3.63) is 30.6 Å². The van der Waals surface area contributed by atoms with Crippen molar-refractivity contribution in [2.75, 3.05) is 76.3 Å². The molecule has 2 aromatic rings. The predicted octanol–water partition coefficient (Wildman–Crippen LogP) is 1.04. The van der Waals surface area contributed by atoms with Crippen molar-refractivity contribution in [2.24, 2.45) is 0 Å². The summed E-state index contributed by atoms with van der Waals surface area (Å²) < 4.78 is 0. The molecular formula is C19H27N7. The number of hydrogen-bond donors (Lipinski definition) is 0. The SMILES string of the molecule is CN1CCN(c2cc(N3CCN(C)CC3)nc(-c3cccnc3)n2)CC1. The summed E-state index contributed by atoms with van der Waals surface area (Å²) in [5.74, 6) is 2.82. The van der Waals surface area contributed by atoms with E-state index >= 15 is 0 Å². The number of likely N-dealkylation sites (N-methyl/N-ethyl adjacent to an activating group) is 2. The Labute approximate surface area is 155 Å². The molecule has 0 spiro atoms. The highest BCUT2D eigenvalue weighted by molar-refractivity contribution is 5.62. The average molecular weight is 353 g/mol. The average Bonchev–Trinajstić information content (AvgIpc) is 2.69. The maximum Gasteiger partial charge on any atom is 0.165 e. The first kappa shape index (κ1) is 17.2. The molecular weight excluding hydrogens is 326 g/mol. The summed E-state index contributed by atoms with van der Waals surface area (Å²) in [6.07, 6.45) is 3.63. The van der Waals surface area contributed by atoms with Gasteiger partial charge in [0.2, 0.25) is 0 Å². The zero-order valence-electron chi connectivity index (χ0n) is 15.7. The molecule has 0 radical (unpaired) electrons. The van der Waals surface area contributed by atoms with E-state index in [-0.39, 0.29) is 0 Å². The van der Waals surface area contributed by atoms with Crippen LogP contribution >= 0.6 is 0 Å². The number of piperazine rings is 2. The van der Waals surface area contributed by atoms with Gasteiger partial charge in [0, 0.05) is 76.4 Å². The summed E-state index contributed by atoms with van der Waals surface area (Å²) in [5.41, 5.74) is 0.971. The van der Waals surface area contributed by atoms with Crippen molar-refractivity contribution in [3.63, 3.8) is 0 Å². The second-order valence-corrected chi connectivity index (χ2v) is 7.23. The number of nitrogens with zero attached hydrogens (tertiary/aromatic N) is 7. The molecule has 2 aromatic heterocycles. The number of hydrogen-bond acceptors (Lipinski definition) is 7. The van der Waals surface area contributed by atoms with E-state index in [0.717, 1.165) is 75.4 Å². The van der Waals surface area contributed by atoms with Gasteiger partial charge in [-0.15, -0.1) is 0 Å². The van der Waals surface area contributed by atoms with Crippen LogP contribution in [0.3, 0.4) is 0 Å². The maximum absolute atomic E-state index is 4.88. The summed E-state index contributed by atoms with van der Waals surface area (Å²) in [7, 11) is 4.35. The van der Waals surface area contributed by atoms with Gasteiger partial charge < -0.3 is 19.6 Å². The molecule has 2 aliphatic heterocycles. The first-order chi connectivity index (χ1) is 12.7. The summed E-state index contributed by atoms with van der Waals surface area (Å²) in [6.45, 7) is 8.27. The Bertz CT molecular complexity index is 680. The van der Waals surface area contributed by atoms with E-state index in [1.165, 1.54) is 0 Å². The van der Waals surface area contributed by atoms with E-state index < -0.39 is 0 Å². The Kier molecular flexibility index (Phi) is 4.99. The molecule has 2 saturated heterocycles. The monoisotopic (exact) mass is 353 g/mol. The first-order valence-corrected chi connectivity index (χ1v) is 9.35. The predicted molar refractivity (Wildman–Crippen MR) is 105 cm³/mol. The minimum absolute atomic E-state index is 0.767. The van der Waals surface area contributed by atoms with Gasteiger partial charge >= 0.3 is 0 Å². The highest BCUT2D eigenvalue weighted by Gasteiger charge is 2.21. The van der Waals surface area contributed by atoms with E-state index in [1.54, 1.807) is 6.20 Å². The van der Waals surface area contributed by atoms with Gasteiger partial charge in [0.15, 0.2) is 5.82 Å². The molecule has 0 atom stereocenters. The number of rotatable bonds is 3. The van der Waals surface area contributed by atoms with Crippen LogP contribution in [0, 0.1) is 0 Å². The Hall–Kier alpha value is -2.25. The van der Waals surface area contributed by atoms with E-state index in [9.17, 15) is 0 Å². The van der Waals surface area contributed by atoms with Gasteiger partial charge in [-0.1, -0.05) is 0 Å². The van der Waals surface area contributed by atoms with Crippen molar-refractivity contribution < 1.29 is 0 Å². The van der Waals surface area contributed by atoms with Crippen molar-refractivity contribution in [1.29, 1.82) is 0 Å². The maximum atomic E-state index is 4.88. The molecule has 0 saturated carbocycles. The van der Waals surface area contributed by atoms with Crippen molar-refractivity contribution in [2.45, 2.75) is 0 Å². The molecule has 7 heteroatoms. The first-order valence-electron chi connectivity index (χ1n) is 9.35. The third-order valence-corrected chi connectivity index (χ3v) is 5.27. The summed E-state index contributed by atoms with van der Waals surface area (Å²) in [4.78, 5) is 23.5. The molecule has 0 N–H and O–H groups in total. The lowest BCUT2D eigenvalue weighted by Gasteiger charge is -2.35. The van der Waals surface area contributed by atoms with E-state index in [1.807, 2.05) is 18.3 Å². The lowest BCUT2D eigenvalue weighted by Crippen LogP contribution is -2.46. The summed E-state index contributed by atoms with van der Waals surface area (Å²) >= 11 is 0. The molecule has 0 aromatic carbocycles. The minimum atomic E-state index is 0.767. The van der Waals surface area contributed by atoms with Gasteiger partial charge in [0.1, 0.15) is 11.6 Å². The lowest BCUT2D eigenvalue weighted by molar-refractivity contribution is 0.310. The number of anilines is 2. The highest BCUT2D eigenvalue weighted by atomic mass is 15.3. The minimum Gasteiger partial charge on any atom is -0.354 e. The number of pyridine rings is 1. The Balaban J connectivity index is 1.67. The Morgan fingerprint density at radius 3 is 1.77 bits per heavy atom. The van der Waals surface area contributed by atoms with Gasteiger partial charge in [-0.2, -0.15) is 0 Å². The topological polar surface area (TPSA) is 51.6 Å². The second kappa shape index (κ2) is 7.55. The van der Waals surface area contributed by atoms with Gasteiger partial charge in [0.05, 0.1) is 0 Å². The molecule has 2 aliphatic rings. The third kappa shape index (κ3) is 3.78. The van der Waals surface area contributed by atoms with Crippen LogP contribution in [0.25, 0.3) is 11.4 Å². The molecule has 7 nitrogen and oxygen atoms in total. The van der Waals surface area contributed by atoms with E-state index in [0.29, 0.717) is 0 Å². The third-order valence-electron chi connectivity index (χ3n) is 5.27. The van der Waals surface area contributed by atoms with Crippen LogP contribution in [-0.4, -0.2) is 91.2 Å². The van der Waals surface area contributed by atoms with Crippen molar-refractivity contribution >= 4 is 11.6 Å². The van der Waals surface area contributed by atoms with Gasteiger partial charge in [0.25, 0.3) is 0 Å². The second-order valence-electron chi connectivity index (χ2n) is 7.23. The van der Waals surface area contributed by atoms with Crippen molar-refractivity contribution in [3.8, 4) is 11.4 Å². The Morgan fingerprint density at radius 1 is 0.769 bits per heavy atom. The fourth-order valence-corrected chi connectivity index (χ4v) is 3.44. The van der Waals surface area contributed by atoms with Crippen LogP contribution < -0.4 is 9.80 Å². The van der Waals surface area contributed by atoms with Crippen LogP contribution in [-0.2, 0) is 0 Å². The molecule has 138 valence electrons. The molecule has 4 rings (SSSR count). The van der Waals surface area contributed by atoms with Gasteiger partial charge in [-0.25, -0.2) is 9.97 Å². The van der Waals surface area contributed by atoms with E-state index in [2.05, 4.69) is 44.7 Å². The Morgan fingerprint density at radius 2 is 1.31 bits per heavy atom. The molecule has 4 heterocycles. The zero-order chi connectivity index (χ0) is 17.9. The highest BCUT2D eigenvalue weighted by Crippen LogP contribution is 2.25. The standard InChI is InChI=1S/C19H27N7/c1-23-6-10-25(11-7-23)17-14-18(26-12-8-24(2)9-13-26)22-19(21-17)16-4-3-5-20-15-16/h3-5,14-15H,6-13H2,1-2H3. The molecule has 0 aliphatic carbocycles. The summed E-state index contributed by atoms with van der Waals surface area (Å²) in [5, 5.41) is 0. The van der Waals surface area contributed by atoms with Gasteiger partial charge in [-0.3, -0.25) is 4.98 Å². The molecule has 2 fully saturated rings. The quantitative estimate of drug-likeness (QED) is 0.817. The molecule has 0 bridgehead atoms. The molecule has 0 amide bonds. The van der Waals surface area contributed by atoms with Gasteiger partial charge in [-0.05, 0) is 26.2 Å². The number of aromatic nitrogens is 3. The molecule has 0 unspecified atom stereocenters. The van der Waals surface area contributed by atoms with Crippen LogP contribution in [0.15, 0.2) is 30.6 Å². The fourth-order valence-electron chi connectivity index (χ4n) is 3.44. The zero-order valence-corrected chi connectivity index (χ0v) is 15.7. The smallest absolute Gasteiger partial charge is 0.165 e. The normalized spacial score (nSPS) is 19.8. The van der Waals surface area contributed by atoms with E-state index in [4.69, 9.17) is 9.97 Å². The largest absolute Gasteiger partial charge is 0.354 e. The summed E-state index contributed by atoms with van der Waals surface area (Å²) in [6, 6.07) is 6.14. The van der Waals surface area contributed by atoms with Crippen LogP contribution in [0.4, 0.5) is 11.6 Å². The van der Waals surface area contributed by atoms with Crippen LogP contribution in [0.2, 0.25) is 0 Å². The van der Waals surface area contributed by atoms with Crippen LogP contribution in [0.1, 0.15) is 0 Å². The lowest BCUT2D eigenvalue weighted by atomic mass is 10.2. The van der Waals surface area contributed by atoms with Crippen LogP contribution in [0.5, 0.6) is 0 Å². The fraction of sp³-hybridized carbons (Fsp3) is 0.526.